The molecule has 0 amide bonds. The van der Waals surface area contributed by atoms with Crippen molar-refractivity contribution in [3.05, 3.63) is 0 Å². The smallest absolute Gasteiger partial charge is 0.306 e. The van der Waals surface area contributed by atoms with Crippen LogP contribution in [0.1, 0.15) is 266 Å². The van der Waals surface area contributed by atoms with Crippen LogP contribution in [-0.4, -0.2) is 37.2 Å². The molecule has 0 aliphatic carbocycles. The summed E-state index contributed by atoms with van der Waals surface area (Å²) in [4.78, 5) is 37.8. The second kappa shape index (κ2) is 42.0. The van der Waals surface area contributed by atoms with Crippen LogP contribution < -0.4 is 0 Å². The third kappa shape index (κ3) is 40.4. The fraction of sp³-hybridized carbons (Fsp3) is 0.939. The van der Waals surface area contributed by atoms with Crippen LogP contribution >= 0.6 is 0 Å². The number of ether oxygens (including phenoxy) is 3. The first kappa shape index (κ1) is 53.4. The van der Waals surface area contributed by atoms with Gasteiger partial charge >= 0.3 is 17.9 Å². The van der Waals surface area contributed by atoms with E-state index in [4.69, 9.17) is 14.2 Å². The van der Waals surface area contributed by atoms with Crippen molar-refractivity contribution in [2.24, 2.45) is 11.8 Å². The number of hydrogen-bond donors (Lipinski definition) is 0. The Hall–Kier alpha value is -1.59. The van der Waals surface area contributed by atoms with Gasteiger partial charge in [0.1, 0.15) is 13.2 Å². The topological polar surface area (TPSA) is 78.9 Å². The van der Waals surface area contributed by atoms with Gasteiger partial charge in [-0.2, -0.15) is 0 Å². The van der Waals surface area contributed by atoms with Gasteiger partial charge in [-0.05, 0) is 31.1 Å². The molecule has 0 saturated heterocycles. The van der Waals surface area contributed by atoms with E-state index in [9.17, 15) is 14.4 Å². The highest BCUT2D eigenvalue weighted by Gasteiger charge is 2.19. The summed E-state index contributed by atoms with van der Waals surface area (Å²) < 4.78 is 16.8. The summed E-state index contributed by atoms with van der Waals surface area (Å²) >= 11 is 0. The van der Waals surface area contributed by atoms with E-state index in [0.717, 1.165) is 69.6 Å². The average Bonchev–Trinajstić information content (AvgIpc) is 3.18. The van der Waals surface area contributed by atoms with Crippen molar-refractivity contribution in [1.29, 1.82) is 0 Å². The van der Waals surface area contributed by atoms with Crippen LogP contribution in [0.4, 0.5) is 0 Å². The molecule has 55 heavy (non-hydrogen) atoms. The third-order valence-corrected chi connectivity index (χ3v) is 11.7. The first-order valence-corrected chi connectivity index (χ1v) is 24.3. The minimum absolute atomic E-state index is 0.0647. The second-order valence-electron chi connectivity index (χ2n) is 17.2. The Kier molecular flexibility index (Phi) is 40.8. The molecule has 0 bridgehead atoms. The van der Waals surface area contributed by atoms with Crippen LogP contribution in [0, 0.1) is 11.8 Å². The van der Waals surface area contributed by atoms with Gasteiger partial charge in [0.25, 0.3) is 0 Å². The Morgan fingerprint density at radius 3 is 0.945 bits per heavy atom. The molecule has 0 N–H and O–H groups in total. The third-order valence-electron chi connectivity index (χ3n) is 11.7. The van der Waals surface area contributed by atoms with Crippen LogP contribution in [0.2, 0.25) is 0 Å². The lowest BCUT2D eigenvalue weighted by Crippen LogP contribution is -2.30. The van der Waals surface area contributed by atoms with E-state index in [1.54, 1.807) is 0 Å². The van der Waals surface area contributed by atoms with Gasteiger partial charge in [-0.3, -0.25) is 14.4 Å². The fourth-order valence-electron chi connectivity index (χ4n) is 7.22. The van der Waals surface area contributed by atoms with Crippen molar-refractivity contribution in [3.63, 3.8) is 0 Å². The maximum absolute atomic E-state index is 12.7. The SMILES string of the molecule is CCCCCCCCCCCCCC(=O)OC[C@H](COC(=O)CCCCCCCCCCCCC(C)CC)OC(=O)CCCCCCCCCCC(C)CC. The van der Waals surface area contributed by atoms with Crippen LogP contribution in [0.15, 0.2) is 0 Å². The van der Waals surface area contributed by atoms with Crippen molar-refractivity contribution in [1.82, 2.24) is 0 Å². The molecular weight excluding hydrogens is 685 g/mol. The molecular formula is C49H94O6. The van der Waals surface area contributed by atoms with Gasteiger partial charge in [-0.1, -0.05) is 227 Å². The van der Waals surface area contributed by atoms with Crippen molar-refractivity contribution >= 4 is 17.9 Å². The largest absolute Gasteiger partial charge is 0.462 e. The molecule has 2 unspecified atom stereocenters. The molecule has 3 atom stereocenters. The molecule has 326 valence electrons. The molecule has 0 aromatic carbocycles. The van der Waals surface area contributed by atoms with Gasteiger partial charge in [0.15, 0.2) is 6.10 Å². The summed E-state index contributed by atoms with van der Waals surface area (Å²) in [5, 5.41) is 0. The van der Waals surface area contributed by atoms with E-state index in [0.29, 0.717) is 19.3 Å². The van der Waals surface area contributed by atoms with E-state index < -0.39 is 6.10 Å². The Morgan fingerprint density at radius 1 is 0.364 bits per heavy atom. The van der Waals surface area contributed by atoms with Gasteiger partial charge in [-0.15, -0.1) is 0 Å². The van der Waals surface area contributed by atoms with E-state index in [-0.39, 0.29) is 31.1 Å². The van der Waals surface area contributed by atoms with Gasteiger partial charge in [-0.25, -0.2) is 0 Å². The van der Waals surface area contributed by atoms with E-state index >= 15 is 0 Å². The van der Waals surface area contributed by atoms with Crippen molar-refractivity contribution < 1.29 is 28.6 Å². The number of rotatable bonds is 43. The average molecular weight is 779 g/mol. The summed E-state index contributed by atoms with van der Waals surface area (Å²) in [5.74, 6) is 0.859. The highest BCUT2D eigenvalue weighted by Crippen LogP contribution is 2.18. The number of esters is 3. The van der Waals surface area contributed by atoms with Crippen LogP contribution in [0.3, 0.4) is 0 Å². The summed E-state index contributed by atoms with van der Waals surface area (Å²) in [6, 6.07) is 0. The molecule has 0 saturated carbocycles. The monoisotopic (exact) mass is 779 g/mol. The van der Waals surface area contributed by atoms with Gasteiger partial charge in [0, 0.05) is 19.3 Å². The van der Waals surface area contributed by atoms with E-state index in [1.165, 1.54) is 154 Å². The van der Waals surface area contributed by atoms with Crippen LogP contribution in [0.25, 0.3) is 0 Å². The zero-order chi connectivity index (χ0) is 40.5. The lowest BCUT2D eigenvalue weighted by Gasteiger charge is -2.18. The molecule has 0 spiro atoms. The highest BCUT2D eigenvalue weighted by molar-refractivity contribution is 5.71. The van der Waals surface area contributed by atoms with Crippen molar-refractivity contribution in [2.45, 2.75) is 272 Å². The normalized spacial score (nSPS) is 13.0. The standard InChI is InChI=1S/C49H94O6/c1-6-9-10-11-12-13-14-18-24-29-34-39-47(50)53-42-46(55-49(52)41-36-31-26-21-20-23-28-33-38-45(5)8-3)43-54-48(51)40-35-30-25-19-16-15-17-22-27-32-37-44(4)7-2/h44-46H,6-43H2,1-5H3/t44?,45?,46-/m1/s1. The Labute approximate surface area is 342 Å². The van der Waals surface area contributed by atoms with E-state index in [1.807, 2.05) is 0 Å². The summed E-state index contributed by atoms with van der Waals surface area (Å²) in [5.41, 5.74) is 0. The predicted molar refractivity (Wildman–Crippen MR) is 233 cm³/mol. The Bertz CT molecular complexity index is 843. The summed E-state index contributed by atoms with van der Waals surface area (Å²) in [6.45, 7) is 11.4. The van der Waals surface area contributed by atoms with Crippen molar-refractivity contribution in [2.75, 3.05) is 13.2 Å². The number of hydrogen-bond acceptors (Lipinski definition) is 6. The quantitative estimate of drug-likeness (QED) is 0.0348. The zero-order valence-electron chi connectivity index (χ0n) is 37.6. The molecule has 0 rings (SSSR count). The Balaban J connectivity index is 4.34. The predicted octanol–water partition coefficient (Wildman–Crippen LogP) is 15.4. The Morgan fingerprint density at radius 2 is 0.636 bits per heavy atom. The molecule has 0 aromatic rings. The lowest BCUT2D eigenvalue weighted by molar-refractivity contribution is -0.167. The fourth-order valence-corrected chi connectivity index (χ4v) is 7.22. The minimum Gasteiger partial charge on any atom is -0.462 e. The molecule has 6 heteroatoms. The van der Waals surface area contributed by atoms with Crippen LogP contribution in [-0.2, 0) is 28.6 Å². The molecule has 0 heterocycles. The number of unbranched alkanes of at least 4 members (excludes halogenated alkanes) is 26. The first-order valence-electron chi connectivity index (χ1n) is 24.3. The van der Waals surface area contributed by atoms with Gasteiger partial charge in [0.05, 0.1) is 0 Å². The summed E-state index contributed by atoms with van der Waals surface area (Å²) in [7, 11) is 0. The molecule has 0 fully saturated rings. The number of carbonyl (C=O) groups is 3. The molecule has 6 nitrogen and oxygen atoms in total. The lowest BCUT2D eigenvalue weighted by atomic mass is 9.99. The maximum atomic E-state index is 12.7. The highest BCUT2D eigenvalue weighted by atomic mass is 16.6. The summed E-state index contributed by atoms with van der Waals surface area (Å²) in [6.07, 6.45) is 40.7. The first-order chi connectivity index (χ1) is 26.8. The van der Waals surface area contributed by atoms with Gasteiger partial charge in [0.2, 0.25) is 0 Å². The molecule has 0 aliphatic heterocycles. The number of carbonyl (C=O) groups excluding carboxylic acids is 3. The van der Waals surface area contributed by atoms with Crippen molar-refractivity contribution in [3.8, 4) is 0 Å². The maximum Gasteiger partial charge on any atom is 0.306 e. The second-order valence-corrected chi connectivity index (χ2v) is 17.2. The molecule has 0 aromatic heterocycles. The molecule has 0 radical (unpaired) electrons. The van der Waals surface area contributed by atoms with Gasteiger partial charge < -0.3 is 14.2 Å². The minimum atomic E-state index is -0.761. The van der Waals surface area contributed by atoms with Crippen LogP contribution in [0.5, 0.6) is 0 Å². The zero-order valence-corrected chi connectivity index (χ0v) is 37.6. The van der Waals surface area contributed by atoms with E-state index in [2.05, 4.69) is 34.6 Å². The molecule has 0 aliphatic rings.